The summed E-state index contributed by atoms with van der Waals surface area (Å²) in [4.78, 5) is 27.5. The predicted octanol–water partition coefficient (Wildman–Crippen LogP) is 2.77. The van der Waals surface area contributed by atoms with Gasteiger partial charge in [0.2, 0.25) is 5.91 Å². The Balaban J connectivity index is 2.15. The molecule has 0 bridgehead atoms. The highest BCUT2D eigenvalue weighted by molar-refractivity contribution is 9.10. The summed E-state index contributed by atoms with van der Waals surface area (Å²) in [5.74, 6) is -0.727. The average Bonchev–Trinajstić information content (AvgIpc) is 2.57. The number of carbonyl (C=O) groups excluding carboxylic acids is 2. The maximum atomic E-state index is 13.0. The number of carbonyl (C=O) groups is 2. The number of amides is 2. The van der Waals surface area contributed by atoms with Crippen molar-refractivity contribution in [2.45, 2.75) is 44.6 Å². The van der Waals surface area contributed by atoms with Gasteiger partial charge in [-0.2, -0.15) is 0 Å². The maximum absolute atomic E-state index is 13.0. The molecule has 1 N–H and O–H groups in total. The molecule has 150 valence electrons. The fraction of sp³-hybridized carbons (Fsp3) is 0.579. The number of sulfone groups is 1. The van der Waals surface area contributed by atoms with Crippen LogP contribution < -0.4 is 5.32 Å². The van der Waals surface area contributed by atoms with Crippen LogP contribution >= 0.6 is 15.9 Å². The lowest BCUT2D eigenvalue weighted by Crippen LogP contribution is -2.50. The SMILES string of the molecule is CS(=O)(=O)CCC(NC(=O)c1ccccc1Br)C(=O)N1CCCCCCC1. The van der Waals surface area contributed by atoms with Crippen molar-refractivity contribution in [3.05, 3.63) is 34.3 Å². The zero-order valence-corrected chi connectivity index (χ0v) is 18.0. The van der Waals surface area contributed by atoms with Gasteiger partial charge in [0.05, 0.1) is 11.3 Å². The Kier molecular flexibility index (Phi) is 8.28. The van der Waals surface area contributed by atoms with E-state index in [9.17, 15) is 18.0 Å². The second-order valence-electron chi connectivity index (χ2n) is 7.02. The van der Waals surface area contributed by atoms with Gasteiger partial charge >= 0.3 is 0 Å². The van der Waals surface area contributed by atoms with Crippen LogP contribution in [0.15, 0.2) is 28.7 Å². The lowest BCUT2D eigenvalue weighted by Gasteiger charge is -2.29. The van der Waals surface area contributed by atoms with Crippen molar-refractivity contribution >= 4 is 37.6 Å². The molecular formula is C19H27BrN2O4S. The first-order chi connectivity index (χ1) is 12.8. The number of halogens is 1. The second-order valence-corrected chi connectivity index (χ2v) is 10.1. The van der Waals surface area contributed by atoms with Gasteiger partial charge in [0.1, 0.15) is 15.9 Å². The molecule has 1 aliphatic heterocycles. The van der Waals surface area contributed by atoms with E-state index in [-0.39, 0.29) is 24.0 Å². The van der Waals surface area contributed by atoms with E-state index in [0.29, 0.717) is 23.1 Å². The van der Waals surface area contributed by atoms with Crippen molar-refractivity contribution in [1.29, 1.82) is 0 Å². The largest absolute Gasteiger partial charge is 0.341 e. The predicted molar refractivity (Wildman–Crippen MR) is 109 cm³/mol. The minimum Gasteiger partial charge on any atom is -0.341 e. The fourth-order valence-electron chi connectivity index (χ4n) is 3.16. The number of rotatable bonds is 6. The summed E-state index contributed by atoms with van der Waals surface area (Å²) in [5.41, 5.74) is 0.419. The second kappa shape index (κ2) is 10.2. The topological polar surface area (TPSA) is 83.5 Å². The molecule has 27 heavy (non-hydrogen) atoms. The van der Waals surface area contributed by atoms with E-state index in [1.807, 2.05) is 0 Å². The van der Waals surface area contributed by atoms with E-state index in [1.54, 1.807) is 29.2 Å². The van der Waals surface area contributed by atoms with Gasteiger partial charge in [0, 0.05) is 23.8 Å². The number of nitrogens with zero attached hydrogens (tertiary/aromatic N) is 1. The molecule has 6 nitrogen and oxygen atoms in total. The van der Waals surface area contributed by atoms with E-state index in [2.05, 4.69) is 21.2 Å². The number of likely N-dealkylation sites (tertiary alicyclic amines) is 1. The van der Waals surface area contributed by atoms with Gasteiger partial charge in [0.15, 0.2) is 0 Å². The first-order valence-corrected chi connectivity index (χ1v) is 12.2. The Labute approximate surface area is 169 Å². The quantitative estimate of drug-likeness (QED) is 0.709. The maximum Gasteiger partial charge on any atom is 0.253 e. The molecule has 1 saturated heterocycles. The molecule has 2 rings (SSSR count). The first-order valence-electron chi connectivity index (χ1n) is 9.30. The van der Waals surface area contributed by atoms with Crippen LogP contribution in [0, 0.1) is 0 Å². The molecule has 1 aromatic carbocycles. The molecule has 1 aliphatic rings. The van der Waals surface area contributed by atoms with Gasteiger partial charge in [-0.05, 0) is 47.3 Å². The summed E-state index contributed by atoms with van der Waals surface area (Å²) in [7, 11) is -3.24. The van der Waals surface area contributed by atoms with Gasteiger partial charge in [0.25, 0.3) is 5.91 Å². The van der Waals surface area contributed by atoms with Crippen molar-refractivity contribution in [2.24, 2.45) is 0 Å². The molecule has 1 atom stereocenters. The summed E-state index contributed by atoms with van der Waals surface area (Å²) in [6.07, 6.45) is 6.43. The highest BCUT2D eigenvalue weighted by Crippen LogP contribution is 2.17. The van der Waals surface area contributed by atoms with Gasteiger partial charge in [-0.15, -0.1) is 0 Å². The summed E-state index contributed by atoms with van der Waals surface area (Å²) < 4.78 is 23.8. The molecule has 2 amide bonds. The van der Waals surface area contributed by atoms with Gasteiger partial charge in [-0.25, -0.2) is 8.42 Å². The fourth-order valence-corrected chi connectivity index (χ4v) is 4.29. The third-order valence-electron chi connectivity index (χ3n) is 4.67. The summed E-state index contributed by atoms with van der Waals surface area (Å²) >= 11 is 3.34. The van der Waals surface area contributed by atoms with Crippen molar-refractivity contribution in [3.8, 4) is 0 Å². The number of nitrogens with one attached hydrogen (secondary N) is 1. The smallest absolute Gasteiger partial charge is 0.253 e. The first kappa shape index (κ1) is 21.9. The van der Waals surface area contributed by atoms with Gasteiger partial charge < -0.3 is 10.2 Å². The zero-order valence-electron chi connectivity index (χ0n) is 15.6. The Morgan fingerprint density at radius 3 is 2.30 bits per heavy atom. The van der Waals surface area contributed by atoms with Crippen LogP contribution in [0.2, 0.25) is 0 Å². The average molecular weight is 459 g/mol. The van der Waals surface area contributed by atoms with Crippen LogP contribution in [0.1, 0.15) is 48.9 Å². The normalized spacial score (nSPS) is 16.9. The van der Waals surface area contributed by atoms with Crippen LogP contribution in [-0.4, -0.2) is 56.3 Å². The van der Waals surface area contributed by atoms with Crippen LogP contribution in [0.3, 0.4) is 0 Å². The summed E-state index contributed by atoms with van der Waals surface area (Å²) in [5, 5.41) is 2.76. The summed E-state index contributed by atoms with van der Waals surface area (Å²) in [6.45, 7) is 1.30. The zero-order chi connectivity index (χ0) is 19.9. The highest BCUT2D eigenvalue weighted by Gasteiger charge is 2.28. The minimum atomic E-state index is -3.24. The van der Waals surface area contributed by atoms with Crippen LogP contribution in [0.5, 0.6) is 0 Å². The molecular weight excluding hydrogens is 432 g/mol. The Morgan fingerprint density at radius 1 is 1.11 bits per heavy atom. The Morgan fingerprint density at radius 2 is 1.70 bits per heavy atom. The van der Waals surface area contributed by atoms with E-state index in [4.69, 9.17) is 0 Å². The summed E-state index contributed by atoms with van der Waals surface area (Å²) in [6, 6.07) is 6.10. The van der Waals surface area contributed by atoms with Crippen LogP contribution in [0.25, 0.3) is 0 Å². The number of hydrogen-bond donors (Lipinski definition) is 1. The number of hydrogen-bond acceptors (Lipinski definition) is 4. The molecule has 0 aromatic heterocycles. The molecule has 0 spiro atoms. The third kappa shape index (κ3) is 7.25. The van der Waals surface area contributed by atoms with Crippen LogP contribution in [0.4, 0.5) is 0 Å². The van der Waals surface area contributed by atoms with Crippen molar-refractivity contribution < 1.29 is 18.0 Å². The van der Waals surface area contributed by atoms with E-state index < -0.39 is 15.9 Å². The third-order valence-corrected chi connectivity index (χ3v) is 6.34. The lowest BCUT2D eigenvalue weighted by molar-refractivity contribution is -0.133. The van der Waals surface area contributed by atoms with Gasteiger partial charge in [-0.1, -0.05) is 31.4 Å². The van der Waals surface area contributed by atoms with Crippen LogP contribution in [-0.2, 0) is 14.6 Å². The van der Waals surface area contributed by atoms with Gasteiger partial charge in [-0.3, -0.25) is 9.59 Å². The number of benzene rings is 1. The lowest BCUT2D eigenvalue weighted by atomic mass is 10.1. The van der Waals surface area contributed by atoms with E-state index in [0.717, 1.165) is 31.9 Å². The molecule has 1 aromatic rings. The molecule has 1 heterocycles. The molecule has 1 fully saturated rings. The minimum absolute atomic E-state index is 0.0738. The Hall–Kier alpha value is -1.41. The van der Waals surface area contributed by atoms with Crippen molar-refractivity contribution in [2.75, 3.05) is 25.1 Å². The standard InChI is InChI=1S/C19H27BrN2O4S/c1-27(25,26)14-11-17(19(24)22-12-7-3-2-4-8-13-22)21-18(23)15-9-5-6-10-16(15)20/h5-6,9-10,17H,2-4,7-8,11-14H2,1H3,(H,21,23). The van der Waals surface area contributed by atoms with E-state index >= 15 is 0 Å². The Bertz CT molecular complexity index is 759. The molecule has 0 aliphatic carbocycles. The van der Waals surface area contributed by atoms with E-state index in [1.165, 1.54) is 6.42 Å². The molecule has 8 heteroatoms. The highest BCUT2D eigenvalue weighted by atomic mass is 79.9. The molecule has 0 radical (unpaired) electrons. The molecule has 1 unspecified atom stereocenters. The van der Waals surface area contributed by atoms with Crippen molar-refractivity contribution in [3.63, 3.8) is 0 Å². The van der Waals surface area contributed by atoms with Crippen molar-refractivity contribution in [1.82, 2.24) is 10.2 Å². The monoisotopic (exact) mass is 458 g/mol. The molecule has 0 saturated carbocycles.